The molecule has 2 aromatic rings. The zero-order valence-corrected chi connectivity index (χ0v) is 11.0. The van der Waals surface area contributed by atoms with Crippen LogP contribution in [0.1, 0.15) is 22.3 Å². The Morgan fingerprint density at radius 1 is 1.00 bits per heavy atom. The van der Waals surface area contributed by atoms with Crippen LogP contribution in [-0.2, 0) is 6.54 Å². The number of rotatable bonds is 2. The highest BCUT2D eigenvalue weighted by Gasteiger charge is 2.11. The lowest BCUT2D eigenvalue weighted by Gasteiger charge is -2.15. The van der Waals surface area contributed by atoms with Crippen LogP contribution in [0.5, 0.6) is 0 Å². The summed E-state index contributed by atoms with van der Waals surface area (Å²) in [5.74, 6) is -0.221. The van der Waals surface area contributed by atoms with E-state index in [1.54, 1.807) is 12.1 Å². The van der Waals surface area contributed by atoms with E-state index in [0.717, 1.165) is 27.8 Å². The summed E-state index contributed by atoms with van der Waals surface area (Å²) in [4.78, 5) is 0. The van der Waals surface area contributed by atoms with Gasteiger partial charge in [-0.2, -0.15) is 0 Å². The molecule has 0 saturated carbocycles. The second-order valence-corrected chi connectivity index (χ2v) is 4.78. The summed E-state index contributed by atoms with van der Waals surface area (Å²) in [5.41, 5.74) is 12.3. The molecule has 2 heteroatoms. The van der Waals surface area contributed by atoms with E-state index in [4.69, 9.17) is 5.73 Å². The normalized spacial score (nSPS) is 10.7. The zero-order chi connectivity index (χ0) is 13.3. The van der Waals surface area contributed by atoms with Gasteiger partial charge in [-0.05, 0) is 60.7 Å². The van der Waals surface area contributed by atoms with Crippen LogP contribution in [0, 0.1) is 26.6 Å². The maximum atomic E-state index is 13.5. The van der Waals surface area contributed by atoms with Crippen molar-refractivity contribution in [2.75, 3.05) is 0 Å². The Bertz CT molecular complexity index is 565. The van der Waals surface area contributed by atoms with E-state index in [0.29, 0.717) is 6.54 Å². The van der Waals surface area contributed by atoms with Gasteiger partial charge in [-0.1, -0.05) is 23.8 Å². The fraction of sp³-hybridized carbons (Fsp3) is 0.250. The predicted molar refractivity (Wildman–Crippen MR) is 73.9 cm³/mol. The summed E-state index contributed by atoms with van der Waals surface area (Å²) in [7, 11) is 0. The molecule has 0 heterocycles. The standard InChI is InChI=1S/C16H18FN/c1-10-6-11(2)16(12(3)7-10)15-8-14(17)5-4-13(15)9-18/h4-8H,9,18H2,1-3H3. The number of hydrogen-bond acceptors (Lipinski definition) is 1. The Balaban J connectivity index is 2.72. The highest BCUT2D eigenvalue weighted by Crippen LogP contribution is 2.31. The molecule has 0 saturated heterocycles. The van der Waals surface area contributed by atoms with Crippen molar-refractivity contribution in [3.05, 3.63) is 58.4 Å². The second kappa shape index (κ2) is 4.91. The van der Waals surface area contributed by atoms with Gasteiger partial charge in [-0.25, -0.2) is 4.39 Å². The molecule has 0 amide bonds. The molecule has 0 bridgehead atoms. The Morgan fingerprint density at radius 2 is 1.61 bits per heavy atom. The summed E-state index contributed by atoms with van der Waals surface area (Å²) >= 11 is 0. The Morgan fingerprint density at radius 3 is 2.17 bits per heavy atom. The minimum atomic E-state index is -0.221. The first-order valence-electron chi connectivity index (χ1n) is 6.09. The van der Waals surface area contributed by atoms with Crippen LogP contribution in [0.4, 0.5) is 4.39 Å². The minimum Gasteiger partial charge on any atom is -0.326 e. The minimum absolute atomic E-state index is 0.221. The number of nitrogens with two attached hydrogens (primary N) is 1. The van der Waals surface area contributed by atoms with Gasteiger partial charge in [0.15, 0.2) is 0 Å². The van der Waals surface area contributed by atoms with Crippen molar-refractivity contribution in [1.29, 1.82) is 0 Å². The maximum absolute atomic E-state index is 13.5. The third-order valence-electron chi connectivity index (χ3n) is 3.24. The van der Waals surface area contributed by atoms with Crippen LogP contribution in [0.15, 0.2) is 30.3 Å². The number of halogens is 1. The van der Waals surface area contributed by atoms with Gasteiger partial charge in [0, 0.05) is 6.54 Å². The number of aryl methyl sites for hydroxylation is 3. The summed E-state index contributed by atoms with van der Waals surface area (Å²) in [6, 6.07) is 9.04. The van der Waals surface area contributed by atoms with E-state index in [9.17, 15) is 4.39 Å². The first-order valence-corrected chi connectivity index (χ1v) is 6.09. The van der Waals surface area contributed by atoms with Crippen LogP contribution in [0.25, 0.3) is 11.1 Å². The molecule has 2 rings (SSSR count). The molecule has 2 aromatic carbocycles. The lowest BCUT2D eigenvalue weighted by Crippen LogP contribution is -2.01. The molecule has 2 N–H and O–H groups in total. The molecular weight excluding hydrogens is 225 g/mol. The monoisotopic (exact) mass is 243 g/mol. The SMILES string of the molecule is Cc1cc(C)c(-c2cc(F)ccc2CN)c(C)c1. The predicted octanol–water partition coefficient (Wildman–Crippen LogP) is 3.88. The molecule has 0 spiro atoms. The molecule has 0 atom stereocenters. The first kappa shape index (κ1) is 12.8. The third kappa shape index (κ3) is 2.29. The van der Waals surface area contributed by atoms with Gasteiger partial charge in [0.2, 0.25) is 0 Å². The second-order valence-electron chi connectivity index (χ2n) is 4.78. The van der Waals surface area contributed by atoms with E-state index in [-0.39, 0.29) is 5.82 Å². The molecule has 18 heavy (non-hydrogen) atoms. The van der Waals surface area contributed by atoms with Crippen LogP contribution in [-0.4, -0.2) is 0 Å². The van der Waals surface area contributed by atoms with Crippen molar-refractivity contribution in [1.82, 2.24) is 0 Å². The van der Waals surface area contributed by atoms with Gasteiger partial charge in [0.1, 0.15) is 5.82 Å². The lowest BCUT2D eigenvalue weighted by molar-refractivity contribution is 0.627. The Kier molecular flexibility index (Phi) is 3.48. The Labute approximate surface area is 107 Å². The van der Waals surface area contributed by atoms with Crippen molar-refractivity contribution < 1.29 is 4.39 Å². The van der Waals surface area contributed by atoms with Crippen molar-refractivity contribution in [3.8, 4) is 11.1 Å². The quantitative estimate of drug-likeness (QED) is 0.851. The molecule has 0 radical (unpaired) electrons. The van der Waals surface area contributed by atoms with Gasteiger partial charge in [0.25, 0.3) is 0 Å². The average molecular weight is 243 g/mol. The van der Waals surface area contributed by atoms with Crippen LogP contribution < -0.4 is 5.73 Å². The van der Waals surface area contributed by atoms with Crippen LogP contribution in [0.3, 0.4) is 0 Å². The fourth-order valence-electron chi connectivity index (χ4n) is 2.56. The fourth-order valence-corrected chi connectivity index (χ4v) is 2.56. The first-order chi connectivity index (χ1) is 8.52. The van der Waals surface area contributed by atoms with Gasteiger partial charge >= 0.3 is 0 Å². The molecule has 0 aliphatic carbocycles. The highest BCUT2D eigenvalue weighted by molar-refractivity contribution is 5.74. The molecule has 0 fully saturated rings. The molecule has 0 aliphatic heterocycles. The van der Waals surface area contributed by atoms with E-state index < -0.39 is 0 Å². The van der Waals surface area contributed by atoms with Crippen molar-refractivity contribution >= 4 is 0 Å². The summed E-state index contributed by atoms with van der Waals surface area (Å²) in [5, 5.41) is 0. The average Bonchev–Trinajstić information content (AvgIpc) is 2.28. The summed E-state index contributed by atoms with van der Waals surface area (Å²) in [6.07, 6.45) is 0. The Hall–Kier alpha value is -1.67. The highest BCUT2D eigenvalue weighted by atomic mass is 19.1. The number of hydrogen-bond donors (Lipinski definition) is 1. The van der Waals surface area contributed by atoms with Gasteiger partial charge in [-0.3, -0.25) is 0 Å². The third-order valence-corrected chi connectivity index (χ3v) is 3.24. The smallest absolute Gasteiger partial charge is 0.123 e. The van der Waals surface area contributed by atoms with E-state index in [1.165, 1.54) is 11.6 Å². The largest absolute Gasteiger partial charge is 0.326 e. The van der Waals surface area contributed by atoms with Gasteiger partial charge < -0.3 is 5.73 Å². The van der Waals surface area contributed by atoms with Gasteiger partial charge in [-0.15, -0.1) is 0 Å². The number of benzene rings is 2. The van der Waals surface area contributed by atoms with E-state index in [2.05, 4.69) is 32.9 Å². The van der Waals surface area contributed by atoms with Gasteiger partial charge in [0.05, 0.1) is 0 Å². The summed E-state index contributed by atoms with van der Waals surface area (Å²) < 4.78 is 13.5. The lowest BCUT2D eigenvalue weighted by atomic mass is 9.91. The molecule has 0 aromatic heterocycles. The molecular formula is C16H18FN. The van der Waals surface area contributed by atoms with Crippen molar-refractivity contribution in [3.63, 3.8) is 0 Å². The van der Waals surface area contributed by atoms with Crippen LogP contribution >= 0.6 is 0 Å². The molecule has 0 unspecified atom stereocenters. The maximum Gasteiger partial charge on any atom is 0.123 e. The molecule has 1 nitrogen and oxygen atoms in total. The van der Waals surface area contributed by atoms with Crippen molar-refractivity contribution in [2.24, 2.45) is 5.73 Å². The molecule has 94 valence electrons. The molecule has 0 aliphatic rings. The van der Waals surface area contributed by atoms with E-state index in [1.807, 2.05) is 0 Å². The van der Waals surface area contributed by atoms with Crippen LogP contribution in [0.2, 0.25) is 0 Å². The van der Waals surface area contributed by atoms with E-state index >= 15 is 0 Å². The van der Waals surface area contributed by atoms with Crippen molar-refractivity contribution in [2.45, 2.75) is 27.3 Å². The zero-order valence-electron chi connectivity index (χ0n) is 11.0. The summed E-state index contributed by atoms with van der Waals surface area (Å²) in [6.45, 7) is 6.60. The topological polar surface area (TPSA) is 26.0 Å².